The van der Waals surface area contributed by atoms with Gasteiger partial charge in [-0.3, -0.25) is 4.79 Å². The molecule has 0 aliphatic heterocycles. The molecule has 0 unspecified atom stereocenters. The van der Waals surface area contributed by atoms with Crippen molar-refractivity contribution in [2.75, 3.05) is 5.32 Å². The van der Waals surface area contributed by atoms with Gasteiger partial charge >= 0.3 is 0 Å². The molecule has 0 saturated carbocycles. The predicted molar refractivity (Wildman–Crippen MR) is 124 cm³/mol. The van der Waals surface area contributed by atoms with E-state index in [1.54, 1.807) is 47.1 Å². The molecule has 0 fully saturated rings. The summed E-state index contributed by atoms with van der Waals surface area (Å²) in [6, 6.07) is 19.4. The Bertz CT molecular complexity index is 1220. The lowest BCUT2D eigenvalue weighted by molar-refractivity contribution is 0.101. The molecule has 0 aliphatic rings. The average molecular weight is 523 g/mol. The van der Waals surface area contributed by atoms with Gasteiger partial charge in [0.25, 0.3) is 5.91 Å². The van der Waals surface area contributed by atoms with E-state index < -0.39 is 5.91 Å². The van der Waals surface area contributed by atoms with Gasteiger partial charge in [0.15, 0.2) is 5.82 Å². The minimum absolute atomic E-state index is 0.00828. The van der Waals surface area contributed by atoms with Crippen LogP contribution >= 0.6 is 50.7 Å². The van der Waals surface area contributed by atoms with E-state index in [0.717, 1.165) is 10.0 Å². The van der Waals surface area contributed by atoms with Gasteiger partial charge in [0, 0.05) is 20.7 Å². The van der Waals surface area contributed by atoms with Crippen molar-refractivity contribution in [1.82, 2.24) is 14.8 Å². The van der Waals surface area contributed by atoms with Gasteiger partial charge in [-0.05, 0) is 54.6 Å². The lowest BCUT2D eigenvalue weighted by Crippen LogP contribution is -2.14. The first kappa shape index (κ1) is 20.9. The molecular formula is C21H12BrCl3N4O. The fourth-order valence-electron chi connectivity index (χ4n) is 2.71. The van der Waals surface area contributed by atoms with Crippen LogP contribution in [-0.4, -0.2) is 20.7 Å². The van der Waals surface area contributed by atoms with Crippen LogP contribution in [0.15, 0.2) is 71.2 Å². The van der Waals surface area contributed by atoms with E-state index in [-0.39, 0.29) is 5.82 Å². The van der Waals surface area contributed by atoms with E-state index >= 15 is 0 Å². The quantitative estimate of drug-likeness (QED) is 0.317. The lowest BCUT2D eigenvalue weighted by Gasteiger charge is -2.07. The predicted octanol–water partition coefficient (Wildman–Crippen LogP) is 6.91. The summed E-state index contributed by atoms with van der Waals surface area (Å²) in [6.07, 6.45) is 0. The zero-order valence-corrected chi connectivity index (χ0v) is 19.0. The number of hydrogen-bond donors (Lipinski definition) is 1. The van der Waals surface area contributed by atoms with Crippen molar-refractivity contribution >= 4 is 62.3 Å². The molecule has 1 N–H and O–H groups in total. The van der Waals surface area contributed by atoms with Crippen LogP contribution in [-0.2, 0) is 0 Å². The Morgan fingerprint density at radius 3 is 2.27 bits per heavy atom. The molecule has 4 aromatic rings. The zero-order valence-electron chi connectivity index (χ0n) is 15.1. The molecule has 0 radical (unpaired) electrons. The molecule has 30 heavy (non-hydrogen) atoms. The van der Waals surface area contributed by atoms with Gasteiger partial charge < -0.3 is 5.32 Å². The number of nitrogens with zero attached hydrogens (tertiary/aromatic N) is 3. The Kier molecular flexibility index (Phi) is 6.11. The average Bonchev–Trinajstić information content (AvgIpc) is 3.18. The van der Waals surface area contributed by atoms with Crippen LogP contribution in [0.1, 0.15) is 10.6 Å². The molecule has 1 amide bonds. The Balaban J connectivity index is 1.76. The Labute approximate surface area is 195 Å². The normalized spacial score (nSPS) is 10.8. The van der Waals surface area contributed by atoms with Crippen LogP contribution in [0, 0.1) is 0 Å². The van der Waals surface area contributed by atoms with E-state index in [1.807, 2.05) is 24.3 Å². The van der Waals surface area contributed by atoms with Gasteiger partial charge in [-0.25, -0.2) is 9.67 Å². The fraction of sp³-hybridized carbons (Fsp3) is 0. The highest BCUT2D eigenvalue weighted by atomic mass is 79.9. The second-order valence-corrected chi connectivity index (χ2v) is 8.40. The van der Waals surface area contributed by atoms with Crippen LogP contribution in [0.5, 0.6) is 0 Å². The smallest absolute Gasteiger partial charge is 0.295 e. The van der Waals surface area contributed by atoms with E-state index in [2.05, 4.69) is 31.3 Å². The van der Waals surface area contributed by atoms with Gasteiger partial charge in [-0.2, -0.15) is 0 Å². The number of anilines is 1. The first-order chi connectivity index (χ1) is 14.4. The molecule has 0 atom stereocenters. The number of aromatic nitrogens is 3. The lowest BCUT2D eigenvalue weighted by atomic mass is 10.2. The van der Waals surface area contributed by atoms with Crippen molar-refractivity contribution in [2.24, 2.45) is 0 Å². The summed E-state index contributed by atoms with van der Waals surface area (Å²) in [5.74, 6) is 0.0468. The number of benzene rings is 3. The largest absolute Gasteiger partial charge is 0.319 e. The first-order valence-electron chi connectivity index (χ1n) is 8.66. The van der Waals surface area contributed by atoms with E-state index in [0.29, 0.717) is 32.3 Å². The van der Waals surface area contributed by atoms with E-state index in [4.69, 9.17) is 34.8 Å². The molecule has 0 saturated heterocycles. The first-order valence-corrected chi connectivity index (χ1v) is 10.6. The highest BCUT2D eigenvalue weighted by Gasteiger charge is 2.19. The molecule has 5 nitrogen and oxygen atoms in total. The second kappa shape index (κ2) is 8.78. The van der Waals surface area contributed by atoms with Crippen LogP contribution in [0.2, 0.25) is 15.1 Å². The number of halogens is 4. The standard InChI is InChI=1S/C21H12BrCl3N4O/c22-13-3-1-12(2-4-13)20-27-19(21(30)26-15-7-5-14(23)6-8-15)28-29(20)16-9-10-17(24)18(25)11-16/h1-11H,(H,26,30). The van der Waals surface area contributed by atoms with Crippen LogP contribution in [0.3, 0.4) is 0 Å². The van der Waals surface area contributed by atoms with Crippen molar-refractivity contribution in [3.05, 3.63) is 92.1 Å². The molecule has 150 valence electrons. The highest BCUT2D eigenvalue weighted by Crippen LogP contribution is 2.28. The van der Waals surface area contributed by atoms with Crippen molar-refractivity contribution in [1.29, 1.82) is 0 Å². The summed E-state index contributed by atoms with van der Waals surface area (Å²) in [5.41, 5.74) is 1.99. The fourth-order valence-corrected chi connectivity index (χ4v) is 3.39. The van der Waals surface area contributed by atoms with E-state index in [1.165, 1.54) is 0 Å². The van der Waals surface area contributed by atoms with Gasteiger partial charge in [0.2, 0.25) is 5.82 Å². The third-order valence-corrected chi connectivity index (χ3v) is 5.68. The van der Waals surface area contributed by atoms with Crippen LogP contribution < -0.4 is 5.32 Å². The SMILES string of the molecule is O=C(Nc1ccc(Cl)cc1)c1nc(-c2ccc(Br)cc2)n(-c2ccc(Cl)c(Cl)c2)n1. The van der Waals surface area contributed by atoms with Crippen LogP contribution in [0.25, 0.3) is 17.1 Å². The van der Waals surface area contributed by atoms with Gasteiger partial charge in [-0.15, -0.1) is 5.10 Å². The molecule has 0 spiro atoms. The molecule has 0 bridgehead atoms. The second-order valence-electron chi connectivity index (χ2n) is 6.24. The van der Waals surface area contributed by atoms with Gasteiger partial charge in [0.05, 0.1) is 15.7 Å². The minimum atomic E-state index is -0.450. The Hall–Kier alpha value is -2.38. The number of amides is 1. The summed E-state index contributed by atoms with van der Waals surface area (Å²) in [5, 5.41) is 8.56. The van der Waals surface area contributed by atoms with E-state index in [9.17, 15) is 4.79 Å². The number of rotatable bonds is 4. The molecule has 3 aromatic carbocycles. The highest BCUT2D eigenvalue weighted by molar-refractivity contribution is 9.10. The molecule has 0 aliphatic carbocycles. The van der Waals surface area contributed by atoms with Crippen molar-refractivity contribution < 1.29 is 4.79 Å². The maximum absolute atomic E-state index is 12.8. The summed E-state index contributed by atoms with van der Waals surface area (Å²) < 4.78 is 2.48. The van der Waals surface area contributed by atoms with Gasteiger partial charge in [-0.1, -0.05) is 62.9 Å². The summed E-state index contributed by atoms with van der Waals surface area (Å²) >= 11 is 21.5. The minimum Gasteiger partial charge on any atom is -0.319 e. The third-order valence-electron chi connectivity index (χ3n) is 4.16. The summed E-state index contributed by atoms with van der Waals surface area (Å²) in [7, 11) is 0. The number of carbonyl (C=O) groups excluding carboxylic acids is 1. The van der Waals surface area contributed by atoms with Crippen LogP contribution in [0.4, 0.5) is 5.69 Å². The molecule has 1 heterocycles. The van der Waals surface area contributed by atoms with Crippen molar-refractivity contribution in [3.8, 4) is 17.1 Å². The molecule has 4 rings (SSSR count). The maximum atomic E-state index is 12.8. The summed E-state index contributed by atoms with van der Waals surface area (Å²) in [6.45, 7) is 0. The maximum Gasteiger partial charge on any atom is 0.295 e. The Morgan fingerprint density at radius 2 is 1.60 bits per heavy atom. The number of nitrogens with one attached hydrogen (secondary N) is 1. The topological polar surface area (TPSA) is 59.8 Å². The number of carbonyl (C=O) groups is 1. The molecular weight excluding hydrogens is 511 g/mol. The molecule has 1 aromatic heterocycles. The number of hydrogen-bond acceptors (Lipinski definition) is 3. The monoisotopic (exact) mass is 520 g/mol. The molecule has 9 heteroatoms. The van der Waals surface area contributed by atoms with Gasteiger partial charge in [0.1, 0.15) is 0 Å². The van der Waals surface area contributed by atoms with Crippen molar-refractivity contribution in [2.45, 2.75) is 0 Å². The third kappa shape index (κ3) is 4.52. The summed E-state index contributed by atoms with van der Waals surface area (Å²) in [4.78, 5) is 17.2. The Morgan fingerprint density at radius 1 is 0.900 bits per heavy atom. The van der Waals surface area contributed by atoms with Crippen molar-refractivity contribution in [3.63, 3.8) is 0 Å². The zero-order chi connectivity index (χ0) is 21.3.